The van der Waals surface area contributed by atoms with Crippen LogP contribution in [0.2, 0.25) is 0 Å². The second-order valence-electron chi connectivity index (χ2n) is 4.72. The highest BCUT2D eigenvalue weighted by Gasteiger charge is 2.12. The van der Waals surface area contributed by atoms with Gasteiger partial charge in [-0.05, 0) is 17.7 Å². The fourth-order valence-corrected chi connectivity index (χ4v) is 2.56. The van der Waals surface area contributed by atoms with Gasteiger partial charge in [0.15, 0.2) is 0 Å². The van der Waals surface area contributed by atoms with Gasteiger partial charge in [0, 0.05) is 31.4 Å². The van der Waals surface area contributed by atoms with Crippen LogP contribution in [-0.2, 0) is 13.1 Å². The molecule has 0 bridgehead atoms. The molecular formula is C15H20N2OS. The van der Waals surface area contributed by atoms with Crippen molar-refractivity contribution >= 4 is 12.6 Å². The molecule has 1 heterocycles. The van der Waals surface area contributed by atoms with Crippen molar-refractivity contribution < 1.29 is 0 Å². The summed E-state index contributed by atoms with van der Waals surface area (Å²) in [5.74, 6) is 0.995. The smallest absolute Gasteiger partial charge is 0.299 e. The number of aryl methyl sites for hydroxylation is 1. The molecule has 0 saturated heterocycles. The van der Waals surface area contributed by atoms with Crippen molar-refractivity contribution in [3.63, 3.8) is 0 Å². The highest BCUT2D eigenvalue weighted by Crippen LogP contribution is 2.18. The number of aromatic nitrogens is 2. The number of rotatable bonds is 6. The molecule has 0 amide bonds. The van der Waals surface area contributed by atoms with E-state index in [2.05, 4.69) is 31.7 Å². The van der Waals surface area contributed by atoms with Gasteiger partial charge < -0.3 is 0 Å². The Morgan fingerprint density at radius 3 is 2.47 bits per heavy atom. The zero-order valence-corrected chi connectivity index (χ0v) is 12.1. The molecule has 0 fully saturated rings. The first kappa shape index (κ1) is 14.0. The number of hydrogen-bond acceptors (Lipinski definition) is 2. The van der Waals surface area contributed by atoms with Crippen LogP contribution < -0.4 is 5.69 Å². The van der Waals surface area contributed by atoms with Gasteiger partial charge in [-0.1, -0.05) is 37.3 Å². The number of benzene rings is 1. The third-order valence-corrected chi connectivity index (χ3v) is 3.73. The van der Waals surface area contributed by atoms with E-state index in [-0.39, 0.29) is 11.6 Å². The maximum atomic E-state index is 12.1. The first-order valence-electron chi connectivity index (χ1n) is 6.67. The minimum absolute atomic E-state index is 0.0737. The lowest BCUT2D eigenvalue weighted by Crippen LogP contribution is -2.26. The topological polar surface area (TPSA) is 26.9 Å². The van der Waals surface area contributed by atoms with E-state index < -0.39 is 0 Å². The van der Waals surface area contributed by atoms with E-state index >= 15 is 0 Å². The molecule has 0 radical (unpaired) electrons. The Morgan fingerprint density at radius 1 is 1.16 bits per heavy atom. The summed E-state index contributed by atoms with van der Waals surface area (Å²) < 4.78 is 3.55. The highest BCUT2D eigenvalue weighted by molar-refractivity contribution is 7.80. The highest BCUT2D eigenvalue weighted by atomic mass is 32.1. The van der Waals surface area contributed by atoms with Gasteiger partial charge in [-0.3, -0.25) is 9.13 Å². The normalized spacial score (nSPS) is 12.5. The van der Waals surface area contributed by atoms with Crippen molar-refractivity contribution in [2.45, 2.75) is 32.4 Å². The summed E-state index contributed by atoms with van der Waals surface area (Å²) in [7, 11) is 0. The fourth-order valence-electron chi connectivity index (χ4n) is 2.23. The summed E-state index contributed by atoms with van der Waals surface area (Å²) in [4.78, 5) is 12.1. The van der Waals surface area contributed by atoms with Gasteiger partial charge >= 0.3 is 5.69 Å². The second kappa shape index (κ2) is 6.66. The minimum Gasteiger partial charge on any atom is -0.299 e. The van der Waals surface area contributed by atoms with Gasteiger partial charge in [-0.25, -0.2) is 4.79 Å². The molecule has 0 N–H and O–H groups in total. The first-order chi connectivity index (χ1) is 9.26. The van der Waals surface area contributed by atoms with Crippen LogP contribution in [0, 0.1) is 0 Å². The van der Waals surface area contributed by atoms with Gasteiger partial charge in [0.05, 0.1) is 0 Å². The monoisotopic (exact) mass is 276 g/mol. The maximum absolute atomic E-state index is 12.1. The molecule has 1 unspecified atom stereocenters. The third-order valence-electron chi connectivity index (χ3n) is 3.29. The molecule has 2 aromatic rings. The van der Waals surface area contributed by atoms with Gasteiger partial charge in [-0.2, -0.15) is 12.6 Å². The van der Waals surface area contributed by atoms with Crippen molar-refractivity contribution in [1.29, 1.82) is 0 Å². The van der Waals surface area contributed by atoms with Crippen molar-refractivity contribution in [1.82, 2.24) is 9.13 Å². The van der Waals surface area contributed by atoms with Crippen LogP contribution in [0.5, 0.6) is 0 Å². The van der Waals surface area contributed by atoms with Crippen LogP contribution in [0.3, 0.4) is 0 Å². The predicted octanol–water partition coefficient (Wildman–Crippen LogP) is 2.77. The Morgan fingerprint density at radius 2 is 1.84 bits per heavy atom. The molecule has 0 aliphatic rings. The average Bonchev–Trinajstić information content (AvgIpc) is 2.79. The van der Waals surface area contributed by atoms with E-state index in [0.29, 0.717) is 6.54 Å². The van der Waals surface area contributed by atoms with E-state index in [1.165, 1.54) is 5.56 Å². The summed E-state index contributed by atoms with van der Waals surface area (Å²) in [6.07, 6.45) is 4.71. The Bertz CT molecular complexity index is 559. The molecule has 1 aromatic heterocycles. The van der Waals surface area contributed by atoms with Gasteiger partial charge in [0.25, 0.3) is 0 Å². The van der Waals surface area contributed by atoms with Crippen LogP contribution in [0.4, 0.5) is 0 Å². The molecule has 4 heteroatoms. The van der Waals surface area contributed by atoms with E-state index in [4.69, 9.17) is 0 Å². The van der Waals surface area contributed by atoms with Gasteiger partial charge in [0.2, 0.25) is 0 Å². The number of imidazole rings is 1. The van der Waals surface area contributed by atoms with E-state index in [0.717, 1.165) is 18.7 Å². The standard InChI is InChI=1S/C15H20N2OS/c1-2-8-16-9-10-17(15(16)18)11-14(12-19)13-6-4-3-5-7-13/h3-7,9-10,14,19H,2,8,11-12H2,1H3. The molecule has 0 spiro atoms. The van der Waals surface area contributed by atoms with Crippen molar-refractivity contribution in [3.8, 4) is 0 Å². The van der Waals surface area contributed by atoms with E-state index in [9.17, 15) is 4.79 Å². The Balaban J connectivity index is 2.17. The summed E-state index contributed by atoms with van der Waals surface area (Å²) in [5.41, 5.74) is 1.30. The summed E-state index contributed by atoms with van der Waals surface area (Å²) in [6, 6.07) is 10.2. The maximum Gasteiger partial charge on any atom is 0.328 e. The summed E-state index contributed by atoms with van der Waals surface area (Å²) >= 11 is 4.42. The lowest BCUT2D eigenvalue weighted by molar-refractivity contribution is 0.559. The summed E-state index contributed by atoms with van der Waals surface area (Å²) in [6.45, 7) is 3.54. The van der Waals surface area contributed by atoms with E-state index in [1.807, 2.05) is 30.6 Å². The first-order valence-corrected chi connectivity index (χ1v) is 7.31. The zero-order chi connectivity index (χ0) is 13.7. The van der Waals surface area contributed by atoms with Gasteiger partial charge in [0.1, 0.15) is 0 Å². The van der Waals surface area contributed by atoms with Crippen molar-refractivity contribution in [3.05, 3.63) is 58.8 Å². The molecule has 0 aliphatic heterocycles. The van der Waals surface area contributed by atoms with Crippen LogP contribution in [0.25, 0.3) is 0 Å². The SMILES string of the molecule is CCCn1ccn(CC(CS)c2ccccc2)c1=O. The van der Waals surface area contributed by atoms with Crippen LogP contribution in [0.15, 0.2) is 47.5 Å². The average molecular weight is 276 g/mol. The molecule has 2 rings (SSSR count). The largest absolute Gasteiger partial charge is 0.328 e. The molecule has 1 atom stereocenters. The molecule has 0 saturated carbocycles. The second-order valence-corrected chi connectivity index (χ2v) is 5.08. The number of nitrogens with zero attached hydrogens (tertiary/aromatic N) is 2. The molecule has 3 nitrogen and oxygen atoms in total. The third kappa shape index (κ3) is 3.32. The lowest BCUT2D eigenvalue weighted by atomic mass is 10.0. The Kier molecular flexibility index (Phi) is 4.91. The molecule has 102 valence electrons. The molecule has 0 aliphatic carbocycles. The Labute approximate surface area is 119 Å². The molecular weight excluding hydrogens is 256 g/mol. The van der Waals surface area contributed by atoms with Crippen molar-refractivity contribution in [2.75, 3.05) is 5.75 Å². The Hall–Kier alpha value is -1.42. The van der Waals surface area contributed by atoms with Crippen LogP contribution in [0.1, 0.15) is 24.8 Å². The van der Waals surface area contributed by atoms with E-state index in [1.54, 1.807) is 9.13 Å². The van der Waals surface area contributed by atoms with Crippen molar-refractivity contribution in [2.24, 2.45) is 0 Å². The minimum atomic E-state index is 0.0737. The molecule has 1 aromatic carbocycles. The zero-order valence-electron chi connectivity index (χ0n) is 11.2. The summed E-state index contributed by atoms with van der Waals surface area (Å²) in [5, 5.41) is 0. The number of thiol groups is 1. The lowest BCUT2D eigenvalue weighted by Gasteiger charge is -2.15. The number of hydrogen-bond donors (Lipinski definition) is 1. The fraction of sp³-hybridized carbons (Fsp3) is 0.400. The predicted molar refractivity (Wildman–Crippen MR) is 82.0 cm³/mol. The van der Waals surface area contributed by atoms with Crippen LogP contribution in [-0.4, -0.2) is 14.9 Å². The quantitative estimate of drug-likeness (QED) is 0.807. The molecule has 19 heavy (non-hydrogen) atoms. The van der Waals surface area contributed by atoms with Crippen LogP contribution >= 0.6 is 12.6 Å². The van der Waals surface area contributed by atoms with Gasteiger partial charge in [-0.15, -0.1) is 0 Å².